The molecule has 1 atom stereocenters. The first-order valence-corrected chi connectivity index (χ1v) is 8.14. The van der Waals surface area contributed by atoms with Crippen LogP contribution in [0.2, 0.25) is 0 Å². The second-order valence-corrected chi connectivity index (χ2v) is 6.04. The molecule has 1 aliphatic heterocycles. The van der Waals surface area contributed by atoms with E-state index >= 15 is 0 Å². The van der Waals surface area contributed by atoms with Crippen LogP contribution in [0.3, 0.4) is 0 Å². The largest absolute Gasteiger partial charge is 0.468 e. The Morgan fingerprint density at radius 3 is 2.30 bits per heavy atom. The molecule has 1 fully saturated rings. The summed E-state index contributed by atoms with van der Waals surface area (Å²) >= 11 is 0. The highest BCUT2D eigenvalue weighted by Crippen LogP contribution is 2.37. The van der Waals surface area contributed by atoms with Crippen LogP contribution in [0.4, 0.5) is 0 Å². The molecule has 20 heavy (non-hydrogen) atoms. The summed E-state index contributed by atoms with van der Waals surface area (Å²) in [5.74, 6) is -0.138. The van der Waals surface area contributed by atoms with Gasteiger partial charge in [0.15, 0.2) is 0 Å². The van der Waals surface area contributed by atoms with Gasteiger partial charge in [-0.2, -0.15) is 0 Å². The molecule has 118 valence electrons. The Labute approximate surface area is 124 Å². The second kappa shape index (κ2) is 8.63. The molecular weight excluding hydrogens is 252 g/mol. The Morgan fingerprint density at radius 1 is 1.25 bits per heavy atom. The van der Waals surface area contributed by atoms with Crippen molar-refractivity contribution in [3.63, 3.8) is 0 Å². The third kappa shape index (κ3) is 4.74. The first-order valence-electron chi connectivity index (χ1n) is 8.14. The first-order chi connectivity index (χ1) is 9.60. The lowest BCUT2D eigenvalue weighted by Gasteiger charge is -2.41. The van der Waals surface area contributed by atoms with Crippen molar-refractivity contribution in [1.82, 2.24) is 10.2 Å². The van der Waals surface area contributed by atoms with E-state index in [1.54, 1.807) is 0 Å². The van der Waals surface area contributed by atoms with Crippen LogP contribution in [0, 0.1) is 5.41 Å². The van der Waals surface area contributed by atoms with E-state index in [0.29, 0.717) is 5.41 Å². The summed E-state index contributed by atoms with van der Waals surface area (Å²) < 4.78 is 4.91. The molecule has 1 saturated heterocycles. The zero-order valence-electron chi connectivity index (χ0n) is 13.7. The van der Waals surface area contributed by atoms with E-state index in [4.69, 9.17) is 4.74 Å². The van der Waals surface area contributed by atoms with Gasteiger partial charge in [-0.1, -0.05) is 33.6 Å². The first kappa shape index (κ1) is 17.4. The zero-order valence-corrected chi connectivity index (χ0v) is 13.7. The predicted molar refractivity (Wildman–Crippen MR) is 82.8 cm³/mol. The summed E-state index contributed by atoms with van der Waals surface area (Å²) in [7, 11) is 1.47. The van der Waals surface area contributed by atoms with Gasteiger partial charge in [-0.3, -0.25) is 4.79 Å². The van der Waals surface area contributed by atoms with E-state index in [2.05, 4.69) is 31.0 Å². The van der Waals surface area contributed by atoms with Crippen molar-refractivity contribution in [1.29, 1.82) is 0 Å². The number of nitrogens with zero attached hydrogens (tertiary/aromatic N) is 1. The van der Waals surface area contributed by atoms with Gasteiger partial charge in [-0.15, -0.1) is 0 Å². The van der Waals surface area contributed by atoms with Crippen molar-refractivity contribution in [2.45, 2.75) is 58.9 Å². The number of carbonyl (C=O) groups excluding carboxylic acids is 1. The van der Waals surface area contributed by atoms with E-state index in [-0.39, 0.29) is 12.0 Å². The maximum Gasteiger partial charge on any atom is 0.324 e. The molecule has 0 saturated carbocycles. The normalized spacial score (nSPS) is 20.6. The molecule has 1 heterocycles. The van der Waals surface area contributed by atoms with Crippen molar-refractivity contribution in [2.75, 3.05) is 33.3 Å². The van der Waals surface area contributed by atoms with Crippen LogP contribution in [0.5, 0.6) is 0 Å². The average molecular weight is 284 g/mol. The smallest absolute Gasteiger partial charge is 0.324 e. The van der Waals surface area contributed by atoms with Crippen LogP contribution < -0.4 is 5.32 Å². The minimum atomic E-state index is -0.185. The number of ether oxygens (including phenoxy) is 1. The van der Waals surface area contributed by atoms with Crippen molar-refractivity contribution in [2.24, 2.45) is 5.41 Å². The molecule has 0 spiro atoms. The fourth-order valence-electron chi connectivity index (χ4n) is 3.11. The fraction of sp³-hybridized carbons (Fsp3) is 0.938. The minimum Gasteiger partial charge on any atom is -0.468 e. The van der Waals surface area contributed by atoms with Gasteiger partial charge in [0.25, 0.3) is 0 Å². The molecule has 0 aromatic rings. The van der Waals surface area contributed by atoms with Gasteiger partial charge >= 0.3 is 5.97 Å². The van der Waals surface area contributed by atoms with Gasteiger partial charge in [0, 0.05) is 6.54 Å². The number of esters is 1. The van der Waals surface area contributed by atoms with E-state index in [0.717, 1.165) is 32.6 Å². The molecule has 1 unspecified atom stereocenters. The second-order valence-electron chi connectivity index (χ2n) is 6.04. The van der Waals surface area contributed by atoms with E-state index in [1.807, 2.05) is 0 Å². The standard InChI is InChI=1S/C16H32N2O2/c1-5-10-17-14(15(19)20-4)13-18-11-8-16(6-2,7-3)9-12-18/h14,17H,5-13H2,1-4H3. The molecule has 1 rings (SSSR count). The van der Waals surface area contributed by atoms with Crippen LogP contribution in [-0.2, 0) is 9.53 Å². The summed E-state index contributed by atoms with van der Waals surface area (Å²) in [6.45, 7) is 10.6. The number of hydrogen-bond acceptors (Lipinski definition) is 4. The van der Waals surface area contributed by atoms with Crippen LogP contribution in [0.1, 0.15) is 52.9 Å². The van der Waals surface area contributed by atoms with Gasteiger partial charge in [0.1, 0.15) is 6.04 Å². The van der Waals surface area contributed by atoms with Crippen LogP contribution >= 0.6 is 0 Å². The Hall–Kier alpha value is -0.610. The molecule has 0 amide bonds. The Kier molecular flexibility index (Phi) is 7.52. The topological polar surface area (TPSA) is 41.6 Å². The summed E-state index contributed by atoms with van der Waals surface area (Å²) in [5.41, 5.74) is 0.536. The van der Waals surface area contributed by atoms with Crippen LogP contribution in [-0.4, -0.2) is 50.2 Å². The van der Waals surface area contributed by atoms with Crippen molar-refractivity contribution in [3.8, 4) is 0 Å². The highest BCUT2D eigenvalue weighted by atomic mass is 16.5. The number of piperidine rings is 1. The van der Waals surface area contributed by atoms with Gasteiger partial charge in [0.05, 0.1) is 7.11 Å². The number of likely N-dealkylation sites (tertiary alicyclic amines) is 1. The van der Waals surface area contributed by atoms with Crippen molar-refractivity contribution in [3.05, 3.63) is 0 Å². The van der Waals surface area contributed by atoms with Crippen LogP contribution in [0.15, 0.2) is 0 Å². The summed E-state index contributed by atoms with van der Waals surface area (Å²) in [6, 6.07) is -0.185. The van der Waals surface area contributed by atoms with Gasteiger partial charge in [0.2, 0.25) is 0 Å². The van der Waals surface area contributed by atoms with E-state index < -0.39 is 0 Å². The van der Waals surface area contributed by atoms with Crippen molar-refractivity contribution >= 4 is 5.97 Å². The van der Waals surface area contributed by atoms with Gasteiger partial charge in [-0.25, -0.2) is 0 Å². The summed E-state index contributed by atoms with van der Waals surface area (Å²) in [5, 5.41) is 3.30. The number of rotatable bonds is 8. The lowest BCUT2D eigenvalue weighted by Crippen LogP contribution is -2.50. The number of hydrogen-bond donors (Lipinski definition) is 1. The zero-order chi connectivity index (χ0) is 15.0. The molecule has 0 bridgehead atoms. The Morgan fingerprint density at radius 2 is 1.85 bits per heavy atom. The highest BCUT2D eigenvalue weighted by Gasteiger charge is 2.32. The average Bonchev–Trinajstić information content (AvgIpc) is 2.51. The molecule has 0 aliphatic carbocycles. The number of carbonyl (C=O) groups is 1. The molecule has 4 heteroatoms. The molecule has 4 nitrogen and oxygen atoms in total. The molecule has 1 aliphatic rings. The van der Waals surface area contributed by atoms with Crippen LogP contribution in [0.25, 0.3) is 0 Å². The Balaban J connectivity index is 2.48. The van der Waals surface area contributed by atoms with E-state index in [1.165, 1.54) is 32.8 Å². The Bertz CT molecular complexity index is 280. The monoisotopic (exact) mass is 284 g/mol. The molecule has 0 aromatic carbocycles. The number of nitrogens with one attached hydrogen (secondary N) is 1. The lowest BCUT2D eigenvalue weighted by atomic mass is 9.74. The lowest BCUT2D eigenvalue weighted by molar-refractivity contribution is -0.143. The van der Waals surface area contributed by atoms with Gasteiger partial charge < -0.3 is 15.0 Å². The number of methoxy groups -OCH3 is 1. The van der Waals surface area contributed by atoms with Gasteiger partial charge in [-0.05, 0) is 44.3 Å². The summed E-state index contributed by atoms with van der Waals surface area (Å²) in [6.07, 6.45) is 6.07. The molecule has 0 radical (unpaired) electrons. The third-order valence-corrected chi connectivity index (χ3v) is 4.98. The van der Waals surface area contributed by atoms with E-state index in [9.17, 15) is 4.79 Å². The third-order valence-electron chi connectivity index (χ3n) is 4.98. The van der Waals surface area contributed by atoms with Crippen molar-refractivity contribution < 1.29 is 9.53 Å². The molecule has 0 aromatic heterocycles. The maximum absolute atomic E-state index is 11.8. The highest BCUT2D eigenvalue weighted by molar-refractivity contribution is 5.75. The maximum atomic E-state index is 11.8. The molecular formula is C16H32N2O2. The predicted octanol–water partition coefficient (Wildman–Crippen LogP) is 2.43. The SMILES string of the molecule is CCCNC(CN1CCC(CC)(CC)CC1)C(=O)OC. The summed E-state index contributed by atoms with van der Waals surface area (Å²) in [4.78, 5) is 14.2. The quantitative estimate of drug-likeness (QED) is 0.695. The fourth-order valence-corrected chi connectivity index (χ4v) is 3.11. The molecule has 1 N–H and O–H groups in total. The minimum absolute atomic E-state index is 0.138.